The van der Waals surface area contributed by atoms with Gasteiger partial charge >= 0.3 is 0 Å². The van der Waals surface area contributed by atoms with Crippen LogP contribution in [0.3, 0.4) is 0 Å². The molecule has 2 amide bonds. The summed E-state index contributed by atoms with van der Waals surface area (Å²) in [5.74, 6) is -0.168. The molecule has 5 nitrogen and oxygen atoms in total. The van der Waals surface area contributed by atoms with Gasteiger partial charge in [0.15, 0.2) is 0 Å². The molecule has 0 saturated heterocycles. The molecule has 0 aliphatic rings. The molecule has 122 valence electrons. The molecule has 0 bridgehead atoms. The van der Waals surface area contributed by atoms with E-state index in [1.54, 1.807) is 18.2 Å². The van der Waals surface area contributed by atoms with E-state index >= 15 is 0 Å². The molecule has 0 unspecified atom stereocenters. The van der Waals surface area contributed by atoms with E-state index in [1.165, 1.54) is 11.3 Å². The smallest absolute Gasteiger partial charge is 0.261 e. The number of carbonyl (C=O) groups is 2. The fourth-order valence-corrected chi connectivity index (χ4v) is 2.83. The predicted molar refractivity (Wildman–Crippen MR) is 90.8 cm³/mol. The van der Waals surface area contributed by atoms with Gasteiger partial charge in [-0.25, -0.2) is 0 Å². The molecule has 2 rings (SSSR count). The van der Waals surface area contributed by atoms with E-state index in [-0.39, 0.29) is 24.1 Å². The molecule has 0 aliphatic carbocycles. The summed E-state index contributed by atoms with van der Waals surface area (Å²) in [5, 5.41) is 14.6. The van der Waals surface area contributed by atoms with Crippen LogP contribution in [0, 0.1) is 6.92 Å². The summed E-state index contributed by atoms with van der Waals surface area (Å²) in [5.41, 5.74) is 1.11. The lowest BCUT2D eigenvalue weighted by Gasteiger charge is -2.06. The van der Waals surface area contributed by atoms with Crippen LogP contribution in [0.15, 0.2) is 36.4 Å². The van der Waals surface area contributed by atoms with E-state index in [2.05, 4.69) is 10.6 Å². The Labute approximate surface area is 139 Å². The maximum Gasteiger partial charge on any atom is 0.261 e. The standard InChI is InChI=1S/C17H20N2O3S/c1-12-4-9-15(23-12)17(22)19-11-16(21)18-10-2-3-13-5-7-14(20)8-6-13/h4-9,20H,2-3,10-11H2,1H3,(H,18,21)(H,19,22). The number of hydrogen-bond donors (Lipinski definition) is 3. The Morgan fingerprint density at radius 3 is 2.48 bits per heavy atom. The van der Waals surface area contributed by atoms with Crippen molar-refractivity contribution in [1.29, 1.82) is 0 Å². The maximum absolute atomic E-state index is 11.8. The maximum atomic E-state index is 11.8. The molecule has 23 heavy (non-hydrogen) atoms. The molecular formula is C17H20N2O3S. The third-order valence-corrected chi connectivity index (χ3v) is 4.27. The monoisotopic (exact) mass is 332 g/mol. The highest BCUT2D eigenvalue weighted by atomic mass is 32.1. The van der Waals surface area contributed by atoms with Crippen molar-refractivity contribution in [3.05, 3.63) is 51.7 Å². The van der Waals surface area contributed by atoms with Crippen molar-refractivity contribution in [2.75, 3.05) is 13.1 Å². The van der Waals surface area contributed by atoms with Crippen LogP contribution in [0.4, 0.5) is 0 Å². The second-order valence-electron chi connectivity index (χ2n) is 5.21. The van der Waals surface area contributed by atoms with Crippen molar-refractivity contribution in [2.24, 2.45) is 0 Å². The summed E-state index contributed by atoms with van der Waals surface area (Å²) in [6.45, 7) is 2.46. The average molecular weight is 332 g/mol. The molecular weight excluding hydrogens is 312 g/mol. The Balaban J connectivity index is 1.61. The molecule has 0 radical (unpaired) electrons. The lowest BCUT2D eigenvalue weighted by molar-refractivity contribution is -0.120. The highest BCUT2D eigenvalue weighted by molar-refractivity contribution is 7.13. The fourth-order valence-electron chi connectivity index (χ4n) is 2.05. The van der Waals surface area contributed by atoms with Gasteiger partial charge in [0.1, 0.15) is 5.75 Å². The number of nitrogens with one attached hydrogen (secondary N) is 2. The zero-order chi connectivity index (χ0) is 16.7. The Hall–Kier alpha value is -2.34. The third-order valence-electron chi connectivity index (χ3n) is 3.27. The first-order valence-corrected chi connectivity index (χ1v) is 8.25. The number of thiophene rings is 1. The Kier molecular flexibility index (Phi) is 6.17. The van der Waals surface area contributed by atoms with Crippen molar-refractivity contribution in [1.82, 2.24) is 10.6 Å². The summed E-state index contributed by atoms with van der Waals surface area (Å²) >= 11 is 1.41. The Morgan fingerprint density at radius 2 is 1.83 bits per heavy atom. The van der Waals surface area contributed by atoms with Crippen molar-refractivity contribution >= 4 is 23.2 Å². The summed E-state index contributed by atoms with van der Waals surface area (Å²) in [4.78, 5) is 25.2. The van der Waals surface area contributed by atoms with Crippen LogP contribution in [0.1, 0.15) is 26.5 Å². The van der Waals surface area contributed by atoms with Gasteiger partial charge in [0.25, 0.3) is 5.91 Å². The molecule has 1 heterocycles. The van der Waals surface area contributed by atoms with Gasteiger partial charge in [0, 0.05) is 11.4 Å². The molecule has 0 fully saturated rings. The molecule has 1 aromatic heterocycles. The van der Waals surface area contributed by atoms with Gasteiger partial charge in [-0.05, 0) is 49.6 Å². The normalized spacial score (nSPS) is 10.3. The summed E-state index contributed by atoms with van der Waals surface area (Å²) in [6, 6.07) is 10.7. The summed E-state index contributed by atoms with van der Waals surface area (Å²) in [6.07, 6.45) is 1.62. The first-order chi connectivity index (χ1) is 11.0. The third kappa shape index (κ3) is 5.75. The second-order valence-corrected chi connectivity index (χ2v) is 6.50. The Bertz CT molecular complexity index is 665. The number of hydrogen-bond acceptors (Lipinski definition) is 4. The molecule has 6 heteroatoms. The molecule has 0 atom stereocenters. The molecule has 3 N–H and O–H groups in total. The molecule has 0 saturated carbocycles. The van der Waals surface area contributed by atoms with Crippen LogP contribution in [0.2, 0.25) is 0 Å². The van der Waals surface area contributed by atoms with Gasteiger partial charge in [-0.15, -0.1) is 11.3 Å². The SMILES string of the molecule is Cc1ccc(C(=O)NCC(=O)NCCCc2ccc(O)cc2)s1. The largest absolute Gasteiger partial charge is 0.508 e. The van der Waals surface area contributed by atoms with Crippen LogP contribution < -0.4 is 10.6 Å². The van der Waals surface area contributed by atoms with Crippen LogP contribution >= 0.6 is 11.3 Å². The predicted octanol–water partition coefficient (Wildman–Crippen LogP) is 2.24. The summed E-state index contributed by atoms with van der Waals surface area (Å²) < 4.78 is 0. The van der Waals surface area contributed by atoms with Gasteiger partial charge in [0.05, 0.1) is 11.4 Å². The van der Waals surface area contributed by atoms with Crippen molar-refractivity contribution < 1.29 is 14.7 Å². The highest BCUT2D eigenvalue weighted by Crippen LogP contribution is 2.14. The van der Waals surface area contributed by atoms with Crippen molar-refractivity contribution in [3.63, 3.8) is 0 Å². The first-order valence-electron chi connectivity index (χ1n) is 7.44. The number of aryl methyl sites for hydroxylation is 2. The number of rotatable bonds is 7. The van der Waals surface area contributed by atoms with E-state index in [0.29, 0.717) is 11.4 Å². The number of phenolic OH excluding ortho intramolecular Hbond substituents is 1. The van der Waals surface area contributed by atoms with Crippen molar-refractivity contribution in [3.8, 4) is 5.75 Å². The number of amides is 2. The second kappa shape index (κ2) is 8.33. The fraction of sp³-hybridized carbons (Fsp3) is 0.294. The van der Waals surface area contributed by atoms with Crippen LogP contribution in [0.25, 0.3) is 0 Å². The van der Waals surface area contributed by atoms with E-state index in [0.717, 1.165) is 23.3 Å². The van der Waals surface area contributed by atoms with Gasteiger partial charge in [-0.3, -0.25) is 9.59 Å². The zero-order valence-corrected chi connectivity index (χ0v) is 13.8. The van der Waals surface area contributed by atoms with E-state index in [9.17, 15) is 14.7 Å². The highest BCUT2D eigenvalue weighted by Gasteiger charge is 2.09. The van der Waals surface area contributed by atoms with E-state index in [1.807, 2.05) is 25.1 Å². The lowest BCUT2D eigenvalue weighted by atomic mass is 10.1. The van der Waals surface area contributed by atoms with Crippen molar-refractivity contribution in [2.45, 2.75) is 19.8 Å². The van der Waals surface area contributed by atoms with Crippen LogP contribution in [-0.4, -0.2) is 30.0 Å². The molecule has 1 aromatic carbocycles. The molecule has 0 spiro atoms. The lowest BCUT2D eigenvalue weighted by Crippen LogP contribution is -2.37. The van der Waals surface area contributed by atoms with Crippen LogP contribution in [-0.2, 0) is 11.2 Å². The van der Waals surface area contributed by atoms with Gasteiger partial charge in [0.2, 0.25) is 5.91 Å². The molecule has 0 aliphatic heterocycles. The van der Waals surface area contributed by atoms with Gasteiger partial charge < -0.3 is 15.7 Å². The summed E-state index contributed by atoms with van der Waals surface area (Å²) in [7, 11) is 0. The minimum Gasteiger partial charge on any atom is -0.508 e. The molecule has 2 aromatic rings. The average Bonchev–Trinajstić information content (AvgIpc) is 2.97. The van der Waals surface area contributed by atoms with Gasteiger partial charge in [-0.1, -0.05) is 12.1 Å². The van der Waals surface area contributed by atoms with E-state index in [4.69, 9.17) is 0 Å². The number of benzene rings is 1. The Morgan fingerprint density at radius 1 is 1.09 bits per heavy atom. The number of phenols is 1. The minimum atomic E-state index is -0.220. The zero-order valence-electron chi connectivity index (χ0n) is 13.0. The van der Waals surface area contributed by atoms with Crippen LogP contribution in [0.5, 0.6) is 5.75 Å². The topological polar surface area (TPSA) is 78.4 Å². The first kappa shape index (κ1) is 17.0. The number of aromatic hydroxyl groups is 1. The van der Waals surface area contributed by atoms with Gasteiger partial charge in [-0.2, -0.15) is 0 Å². The number of carbonyl (C=O) groups excluding carboxylic acids is 2. The quantitative estimate of drug-likeness (QED) is 0.681. The minimum absolute atomic E-state index is 0.0189. The van der Waals surface area contributed by atoms with E-state index < -0.39 is 0 Å².